The minimum absolute atomic E-state index is 0.0999. The number of rotatable bonds is 3. The van der Waals surface area contributed by atoms with Crippen LogP contribution in [0.1, 0.15) is 6.92 Å². The molecule has 1 fully saturated rings. The molecule has 5 heteroatoms. The topological polar surface area (TPSA) is 55.8 Å². The number of piperazine rings is 1. The maximum atomic E-state index is 11.9. The largest absolute Gasteiger partial charge is 0.392 e. The van der Waals surface area contributed by atoms with Gasteiger partial charge in [0.1, 0.15) is 6.04 Å². The van der Waals surface area contributed by atoms with Gasteiger partial charge >= 0.3 is 0 Å². The maximum Gasteiger partial charge on any atom is 0.240 e. The number of hydrogen-bond donors (Lipinski definition) is 2. The van der Waals surface area contributed by atoms with E-state index in [0.717, 1.165) is 13.1 Å². The molecule has 1 aliphatic rings. The van der Waals surface area contributed by atoms with Gasteiger partial charge in [-0.1, -0.05) is 0 Å². The van der Waals surface area contributed by atoms with Crippen LogP contribution in [0.5, 0.6) is 0 Å². The monoisotopic (exact) mass is 215 g/mol. The Bertz CT molecular complexity index is 219. The van der Waals surface area contributed by atoms with Gasteiger partial charge in [0.2, 0.25) is 5.91 Å². The van der Waals surface area contributed by atoms with Crippen LogP contribution in [0.15, 0.2) is 0 Å². The van der Waals surface area contributed by atoms with Crippen molar-refractivity contribution in [2.45, 2.75) is 19.1 Å². The molecule has 0 aromatic heterocycles. The molecule has 2 N–H and O–H groups in total. The second-order valence-electron chi connectivity index (χ2n) is 4.30. The molecule has 1 rings (SSSR count). The summed E-state index contributed by atoms with van der Waals surface area (Å²) in [5, 5.41) is 12.6. The summed E-state index contributed by atoms with van der Waals surface area (Å²) in [4.78, 5) is 15.5. The van der Waals surface area contributed by atoms with Crippen LogP contribution in [0, 0.1) is 0 Å². The molecule has 2 unspecified atom stereocenters. The normalized spacial score (nSPS) is 24.9. The minimum atomic E-state index is -0.388. The molecule has 1 saturated heterocycles. The van der Waals surface area contributed by atoms with Crippen LogP contribution in [0.4, 0.5) is 0 Å². The molecule has 0 bridgehead atoms. The molecule has 5 nitrogen and oxygen atoms in total. The molecular formula is C10H21N3O2. The van der Waals surface area contributed by atoms with Gasteiger partial charge in [-0.3, -0.25) is 9.69 Å². The Morgan fingerprint density at radius 2 is 2.33 bits per heavy atom. The van der Waals surface area contributed by atoms with Crippen LogP contribution >= 0.6 is 0 Å². The van der Waals surface area contributed by atoms with E-state index in [2.05, 4.69) is 5.32 Å². The number of carbonyl (C=O) groups excluding carboxylic acids is 1. The van der Waals surface area contributed by atoms with Crippen molar-refractivity contribution in [1.29, 1.82) is 0 Å². The predicted octanol–water partition coefficient (Wildman–Crippen LogP) is -1.27. The number of nitrogens with one attached hydrogen (secondary N) is 1. The lowest BCUT2D eigenvalue weighted by Gasteiger charge is -2.36. The highest BCUT2D eigenvalue weighted by Crippen LogP contribution is 2.06. The Morgan fingerprint density at radius 3 is 2.87 bits per heavy atom. The number of aliphatic hydroxyl groups excluding tert-OH is 1. The van der Waals surface area contributed by atoms with Crippen molar-refractivity contribution in [3.05, 3.63) is 0 Å². The van der Waals surface area contributed by atoms with Gasteiger partial charge in [0.15, 0.2) is 0 Å². The lowest BCUT2D eigenvalue weighted by atomic mass is 10.1. The Kier molecular flexibility index (Phi) is 4.50. The fourth-order valence-electron chi connectivity index (χ4n) is 1.85. The summed E-state index contributed by atoms with van der Waals surface area (Å²) < 4.78 is 0. The number of aliphatic hydroxyl groups is 1. The Balaban J connectivity index is 2.61. The van der Waals surface area contributed by atoms with Crippen LogP contribution in [-0.4, -0.2) is 73.2 Å². The summed E-state index contributed by atoms with van der Waals surface area (Å²) in [6.07, 6.45) is -0.388. The SMILES string of the molecule is CC(O)CN1CCNCC1C(=O)N(C)C. The zero-order valence-electron chi connectivity index (χ0n) is 9.73. The van der Waals surface area contributed by atoms with E-state index in [9.17, 15) is 9.90 Å². The molecule has 0 aliphatic carbocycles. The lowest BCUT2D eigenvalue weighted by molar-refractivity contribution is -0.135. The van der Waals surface area contributed by atoms with E-state index in [4.69, 9.17) is 0 Å². The summed E-state index contributed by atoms with van der Waals surface area (Å²) in [7, 11) is 3.52. The maximum absolute atomic E-state index is 11.9. The molecule has 0 saturated carbocycles. The second kappa shape index (κ2) is 5.44. The minimum Gasteiger partial charge on any atom is -0.392 e. The fourth-order valence-corrected chi connectivity index (χ4v) is 1.85. The molecule has 1 heterocycles. The number of amides is 1. The standard InChI is InChI=1S/C10H21N3O2/c1-8(14)7-13-5-4-11-6-9(13)10(15)12(2)3/h8-9,11,14H,4-7H2,1-3H3. The summed E-state index contributed by atoms with van der Waals surface area (Å²) in [6.45, 7) is 4.67. The second-order valence-corrected chi connectivity index (χ2v) is 4.30. The van der Waals surface area contributed by atoms with Crippen molar-refractivity contribution in [2.75, 3.05) is 40.3 Å². The summed E-state index contributed by atoms with van der Waals surface area (Å²) in [5.41, 5.74) is 0. The first-order valence-corrected chi connectivity index (χ1v) is 5.36. The number of β-amino-alcohol motifs (C(OH)–C–C–N with tert-alkyl or cyclic N) is 1. The smallest absolute Gasteiger partial charge is 0.240 e. The van der Waals surface area contributed by atoms with Crippen molar-refractivity contribution >= 4 is 5.91 Å². The van der Waals surface area contributed by atoms with E-state index in [1.807, 2.05) is 4.90 Å². The summed E-state index contributed by atoms with van der Waals surface area (Å²) >= 11 is 0. The average Bonchev–Trinajstić information content (AvgIpc) is 2.16. The van der Waals surface area contributed by atoms with Crippen molar-refractivity contribution in [2.24, 2.45) is 0 Å². The predicted molar refractivity (Wildman–Crippen MR) is 58.6 cm³/mol. The van der Waals surface area contributed by atoms with E-state index >= 15 is 0 Å². The van der Waals surface area contributed by atoms with Crippen molar-refractivity contribution in [1.82, 2.24) is 15.1 Å². The first-order valence-electron chi connectivity index (χ1n) is 5.36. The molecule has 0 spiro atoms. The molecule has 0 aromatic rings. The molecule has 0 radical (unpaired) electrons. The van der Waals surface area contributed by atoms with E-state index < -0.39 is 0 Å². The van der Waals surface area contributed by atoms with Crippen LogP contribution in [0.3, 0.4) is 0 Å². The number of carbonyl (C=O) groups is 1. The molecule has 2 atom stereocenters. The molecule has 15 heavy (non-hydrogen) atoms. The summed E-state index contributed by atoms with van der Waals surface area (Å²) in [6, 6.07) is -0.136. The molecule has 1 amide bonds. The Labute approximate surface area is 91.0 Å². The highest BCUT2D eigenvalue weighted by atomic mass is 16.3. The zero-order chi connectivity index (χ0) is 11.4. The van der Waals surface area contributed by atoms with Crippen LogP contribution in [-0.2, 0) is 4.79 Å². The van der Waals surface area contributed by atoms with Crippen molar-refractivity contribution in [3.8, 4) is 0 Å². The highest BCUT2D eigenvalue weighted by Gasteiger charge is 2.29. The van der Waals surface area contributed by atoms with Gasteiger partial charge in [0, 0.05) is 40.3 Å². The molecular weight excluding hydrogens is 194 g/mol. The number of nitrogens with zero attached hydrogens (tertiary/aromatic N) is 2. The van der Waals surface area contributed by atoms with E-state index in [-0.39, 0.29) is 18.1 Å². The third-order valence-corrected chi connectivity index (χ3v) is 2.58. The third-order valence-electron chi connectivity index (χ3n) is 2.58. The first-order chi connectivity index (χ1) is 7.02. The number of hydrogen-bond acceptors (Lipinski definition) is 4. The molecule has 88 valence electrons. The van der Waals surface area contributed by atoms with Gasteiger partial charge in [-0.25, -0.2) is 0 Å². The van der Waals surface area contributed by atoms with Crippen molar-refractivity contribution < 1.29 is 9.90 Å². The summed E-state index contributed by atoms with van der Waals surface area (Å²) in [5.74, 6) is 0.0999. The van der Waals surface area contributed by atoms with Gasteiger partial charge in [-0.15, -0.1) is 0 Å². The fraction of sp³-hybridized carbons (Fsp3) is 0.900. The molecule has 1 aliphatic heterocycles. The van der Waals surface area contributed by atoms with Crippen LogP contribution < -0.4 is 5.32 Å². The van der Waals surface area contributed by atoms with Gasteiger partial charge in [0.25, 0.3) is 0 Å². The quantitative estimate of drug-likeness (QED) is 0.616. The van der Waals surface area contributed by atoms with Gasteiger partial charge in [-0.2, -0.15) is 0 Å². The Hall–Kier alpha value is -0.650. The highest BCUT2D eigenvalue weighted by molar-refractivity contribution is 5.81. The first kappa shape index (κ1) is 12.4. The Morgan fingerprint density at radius 1 is 1.67 bits per heavy atom. The lowest BCUT2D eigenvalue weighted by Crippen LogP contribution is -2.58. The van der Waals surface area contributed by atoms with Crippen LogP contribution in [0.25, 0.3) is 0 Å². The van der Waals surface area contributed by atoms with Crippen LogP contribution in [0.2, 0.25) is 0 Å². The van der Waals surface area contributed by atoms with E-state index in [1.54, 1.807) is 25.9 Å². The third kappa shape index (κ3) is 3.44. The zero-order valence-corrected chi connectivity index (χ0v) is 9.73. The van der Waals surface area contributed by atoms with Gasteiger partial charge < -0.3 is 15.3 Å². The molecule has 0 aromatic carbocycles. The van der Waals surface area contributed by atoms with Gasteiger partial charge in [-0.05, 0) is 6.92 Å². The van der Waals surface area contributed by atoms with Crippen molar-refractivity contribution in [3.63, 3.8) is 0 Å². The van der Waals surface area contributed by atoms with Gasteiger partial charge in [0.05, 0.1) is 6.10 Å². The van der Waals surface area contributed by atoms with E-state index in [0.29, 0.717) is 13.1 Å². The number of likely N-dealkylation sites (N-methyl/N-ethyl adjacent to an activating group) is 1. The average molecular weight is 215 g/mol. The van der Waals surface area contributed by atoms with E-state index in [1.165, 1.54) is 0 Å².